The average Bonchev–Trinajstić information content (AvgIpc) is 2.80. The minimum absolute atomic E-state index is 0.145. The van der Waals surface area contributed by atoms with Gasteiger partial charge in [0.2, 0.25) is 5.89 Å². The number of fused-ring (bicyclic) bond motifs is 1. The van der Waals surface area contributed by atoms with Crippen molar-refractivity contribution in [3.8, 4) is 6.07 Å². The van der Waals surface area contributed by atoms with Gasteiger partial charge in [0, 0.05) is 6.42 Å². The molecule has 0 atom stereocenters. The van der Waals surface area contributed by atoms with Crippen LogP contribution in [0.3, 0.4) is 0 Å². The smallest absolute Gasteiger partial charge is 0.306 e. The SMILES string of the molecule is CCOC(=O)CCc1cccc2oc(CC#N)nc12. The molecule has 0 fully saturated rings. The Morgan fingerprint density at radius 1 is 1.53 bits per heavy atom. The Morgan fingerprint density at radius 3 is 3.11 bits per heavy atom. The predicted octanol–water partition coefficient (Wildman–Crippen LogP) is 2.39. The van der Waals surface area contributed by atoms with Crippen LogP contribution in [0.1, 0.15) is 24.8 Å². The lowest BCUT2D eigenvalue weighted by Crippen LogP contribution is -2.05. The number of aromatic nitrogens is 1. The first-order valence-corrected chi connectivity index (χ1v) is 6.14. The number of esters is 1. The van der Waals surface area contributed by atoms with Crippen molar-refractivity contribution >= 4 is 17.1 Å². The van der Waals surface area contributed by atoms with Crippen LogP contribution in [-0.4, -0.2) is 17.6 Å². The van der Waals surface area contributed by atoms with Gasteiger partial charge in [0.15, 0.2) is 5.58 Å². The first kappa shape index (κ1) is 13.1. The maximum absolute atomic E-state index is 11.4. The van der Waals surface area contributed by atoms with E-state index in [-0.39, 0.29) is 12.4 Å². The molecule has 0 N–H and O–H groups in total. The van der Waals surface area contributed by atoms with E-state index in [0.29, 0.717) is 30.9 Å². The average molecular weight is 258 g/mol. The Morgan fingerprint density at radius 2 is 2.37 bits per heavy atom. The highest BCUT2D eigenvalue weighted by atomic mass is 16.5. The summed E-state index contributed by atoms with van der Waals surface area (Å²) in [6.45, 7) is 2.17. The van der Waals surface area contributed by atoms with Crippen molar-refractivity contribution in [3.63, 3.8) is 0 Å². The molecule has 0 saturated carbocycles. The van der Waals surface area contributed by atoms with E-state index in [2.05, 4.69) is 4.98 Å². The van der Waals surface area contributed by atoms with Crippen molar-refractivity contribution in [2.45, 2.75) is 26.2 Å². The molecule has 0 spiro atoms. The quantitative estimate of drug-likeness (QED) is 0.769. The fraction of sp³-hybridized carbons (Fsp3) is 0.357. The zero-order valence-electron chi connectivity index (χ0n) is 10.7. The lowest BCUT2D eigenvalue weighted by Gasteiger charge is -2.02. The summed E-state index contributed by atoms with van der Waals surface area (Å²) < 4.78 is 10.3. The largest absolute Gasteiger partial charge is 0.466 e. The van der Waals surface area contributed by atoms with Gasteiger partial charge in [0.05, 0.1) is 12.7 Å². The first-order valence-electron chi connectivity index (χ1n) is 6.14. The number of benzene rings is 1. The molecular formula is C14H14N2O3. The van der Waals surface area contributed by atoms with Crippen LogP contribution in [0.5, 0.6) is 0 Å². The first-order chi connectivity index (χ1) is 9.24. The van der Waals surface area contributed by atoms with Crippen LogP contribution in [-0.2, 0) is 22.4 Å². The summed E-state index contributed by atoms with van der Waals surface area (Å²) in [6.07, 6.45) is 1.01. The van der Waals surface area contributed by atoms with Crippen LogP contribution in [0.25, 0.3) is 11.1 Å². The maximum atomic E-state index is 11.4. The second kappa shape index (κ2) is 6.01. The number of hydrogen-bond acceptors (Lipinski definition) is 5. The zero-order valence-corrected chi connectivity index (χ0v) is 10.7. The molecule has 1 aromatic heterocycles. The molecule has 5 nitrogen and oxygen atoms in total. The number of carbonyl (C=O) groups excluding carboxylic acids is 1. The Kier molecular flexibility index (Phi) is 4.14. The number of nitrogens with zero attached hydrogens (tertiary/aromatic N) is 2. The number of aryl methyl sites for hydroxylation is 1. The molecule has 0 saturated heterocycles. The fourth-order valence-corrected chi connectivity index (χ4v) is 1.87. The molecule has 0 aliphatic carbocycles. The summed E-state index contributed by atoms with van der Waals surface area (Å²) in [5.74, 6) is 0.182. The third-order valence-electron chi connectivity index (χ3n) is 2.68. The summed E-state index contributed by atoms with van der Waals surface area (Å²) in [5.41, 5.74) is 2.29. The van der Waals surface area contributed by atoms with Crippen LogP contribution in [0.2, 0.25) is 0 Å². The third-order valence-corrected chi connectivity index (χ3v) is 2.68. The molecule has 0 aliphatic rings. The van der Waals surface area contributed by atoms with E-state index in [1.54, 1.807) is 13.0 Å². The minimum atomic E-state index is -0.222. The zero-order chi connectivity index (χ0) is 13.7. The molecule has 0 amide bonds. The Labute approximate surface area is 110 Å². The van der Waals surface area contributed by atoms with Crippen molar-refractivity contribution in [2.24, 2.45) is 0 Å². The molecule has 0 unspecified atom stereocenters. The standard InChI is InChI=1S/C14H14N2O3/c1-2-18-13(17)7-6-10-4-3-5-11-14(10)16-12(19-11)8-9-15/h3-5H,2,6-8H2,1H3. The Bertz CT molecular complexity index is 625. The van der Waals surface area contributed by atoms with Crippen LogP contribution in [0.4, 0.5) is 0 Å². The summed E-state index contributed by atoms with van der Waals surface area (Å²) in [7, 11) is 0. The van der Waals surface area contributed by atoms with E-state index in [9.17, 15) is 4.79 Å². The topological polar surface area (TPSA) is 76.1 Å². The fourth-order valence-electron chi connectivity index (χ4n) is 1.87. The maximum Gasteiger partial charge on any atom is 0.306 e. The second-order valence-electron chi connectivity index (χ2n) is 4.01. The van der Waals surface area contributed by atoms with Gasteiger partial charge in [0.1, 0.15) is 11.9 Å². The van der Waals surface area contributed by atoms with Gasteiger partial charge >= 0.3 is 5.97 Å². The monoisotopic (exact) mass is 258 g/mol. The van der Waals surface area contributed by atoms with Crippen molar-refractivity contribution < 1.29 is 13.9 Å². The van der Waals surface area contributed by atoms with Gasteiger partial charge < -0.3 is 9.15 Å². The van der Waals surface area contributed by atoms with E-state index in [0.717, 1.165) is 11.1 Å². The molecule has 98 valence electrons. The molecule has 1 aromatic carbocycles. The highest BCUT2D eigenvalue weighted by Crippen LogP contribution is 2.21. The van der Waals surface area contributed by atoms with Crippen LogP contribution in [0, 0.1) is 11.3 Å². The number of oxazole rings is 1. The van der Waals surface area contributed by atoms with Gasteiger partial charge in [-0.3, -0.25) is 4.79 Å². The molecule has 0 radical (unpaired) electrons. The van der Waals surface area contributed by atoms with Gasteiger partial charge in [-0.05, 0) is 25.0 Å². The van der Waals surface area contributed by atoms with Crippen molar-refractivity contribution in [1.29, 1.82) is 5.26 Å². The molecule has 19 heavy (non-hydrogen) atoms. The van der Waals surface area contributed by atoms with Gasteiger partial charge in [-0.15, -0.1) is 0 Å². The molecule has 0 bridgehead atoms. The van der Waals surface area contributed by atoms with Gasteiger partial charge in [0.25, 0.3) is 0 Å². The lowest BCUT2D eigenvalue weighted by atomic mass is 10.1. The van der Waals surface area contributed by atoms with Crippen LogP contribution >= 0.6 is 0 Å². The molecule has 5 heteroatoms. The van der Waals surface area contributed by atoms with Gasteiger partial charge in [-0.1, -0.05) is 12.1 Å². The number of carbonyl (C=O) groups is 1. The van der Waals surface area contributed by atoms with E-state index >= 15 is 0 Å². The summed E-state index contributed by atoms with van der Waals surface area (Å²) >= 11 is 0. The van der Waals surface area contributed by atoms with Crippen molar-refractivity contribution in [2.75, 3.05) is 6.61 Å². The number of nitriles is 1. The number of rotatable bonds is 5. The number of hydrogen-bond donors (Lipinski definition) is 0. The van der Waals surface area contributed by atoms with E-state index in [4.69, 9.17) is 14.4 Å². The van der Waals surface area contributed by atoms with E-state index in [1.807, 2.05) is 18.2 Å². The molecular weight excluding hydrogens is 244 g/mol. The summed E-state index contributed by atoms with van der Waals surface area (Å²) in [5, 5.41) is 8.64. The summed E-state index contributed by atoms with van der Waals surface area (Å²) in [6, 6.07) is 7.56. The van der Waals surface area contributed by atoms with Gasteiger partial charge in [-0.2, -0.15) is 5.26 Å². The molecule has 2 rings (SSSR count). The van der Waals surface area contributed by atoms with Crippen LogP contribution < -0.4 is 0 Å². The normalized spacial score (nSPS) is 10.3. The Balaban J connectivity index is 2.18. The Hall–Kier alpha value is -2.35. The van der Waals surface area contributed by atoms with Gasteiger partial charge in [-0.25, -0.2) is 4.98 Å². The molecule has 1 heterocycles. The number of ether oxygens (including phenoxy) is 1. The lowest BCUT2D eigenvalue weighted by molar-refractivity contribution is -0.143. The second-order valence-corrected chi connectivity index (χ2v) is 4.01. The van der Waals surface area contributed by atoms with Crippen molar-refractivity contribution in [3.05, 3.63) is 29.7 Å². The van der Waals surface area contributed by atoms with E-state index < -0.39 is 0 Å². The summed E-state index contributed by atoms with van der Waals surface area (Å²) in [4.78, 5) is 15.6. The van der Waals surface area contributed by atoms with E-state index in [1.165, 1.54) is 0 Å². The molecule has 0 aliphatic heterocycles. The van der Waals surface area contributed by atoms with Crippen LogP contribution in [0.15, 0.2) is 22.6 Å². The highest BCUT2D eigenvalue weighted by molar-refractivity contribution is 5.78. The third kappa shape index (κ3) is 3.10. The predicted molar refractivity (Wildman–Crippen MR) is 68.3 cm³/mol. The number of para-hydroxylation sites is 1. The van der Waals surface area contributed by atoms with Crippen molar-refractivity contribution in [1.82, 2.24) is 4.98 Å². The highest BCUT2D eigenvalue weighted by Gasteiger charge is 2.11. The minimum Gasteiger partial charge on any atom is -0.466 e. The molecule has 2 aromatic rings.